The largest absolute Gasteiger partial charge is 0.397 e. The number of nitrogens with one attached hydrogen (secondary N) is 1. The molecule has 0 spiro atoms. The van der Waals surface area contributed by atoms with Gasteiger partial charge in [0, 0.05) is 18.6 Å². The lowest BCUT2D eigenvalue weighted by Gasteiger charge is -2.14. The molecule has 5 heteroatoms. The molecule has 18 heavy (non-hydrogen) atoms. The van der Waals surface area contributed by atoms with Gasteiger partial charge in [0.25, 0.3) is 5.91 Å². The van der Waals surface area contributed by atoms with E-state index in [1.54, 1.807) is 30.7 Å². The van der Waals surface area contributed by atoms with Crippen molar-refractivity contribution in [3.05, 3.63) is 54.1 Å². The molecule has 0 saturated carbocycles. The van der Waals surface area contributed by atoms with Gasteiger partial charge in [-0.3, -0.25) is 9.78 Å². The first-order valence-corrected chi connectivity index (χ1v) is 5.60. The third-order valence-electron chi connectivity index (χ3n) is 2.61. The molecule has 0 aliphatic rings. The Bertz CT molecular complexity index is 542. The van der Waals surface area contributed by atoms with E-state index in [1.165, 1.54) is 0 Å². The van der Waals surface area contributed by atoms with Crippen molar-refractivity contribution in [2.24, 2.45) is 0 Å². The molecular weight excluding hydrogens is 228 g/mol. The maximum atomic E-state index is 12.0. The highest BCUT2D eigenvalue weighted by Crippen LogP contribution is 2.13. The van der Waals surface area contributed by atoms with Crippen molar-refractivity contribution in [2.75, 3.05) is 5.73 Å². The predicted molar refractivity (Wildman–Crippen MR) is 68.8 cm³/mol. The Balaban J connectivity index is 2.11. The second-order valence-electron chi connectivity index (χ2n) is 3.92. The Hall–Kier alpha value is -2.43. The van der Waals surface area contributed by atoms with Crippen LogP contribution in [0.5, 0.6) is 0 Å². The van der Waals surface area contributed by atoms with Crippen LogP contribution in [-0.4, -0.2) is 15.9 Å². The summed E-state index contributed by atoms with van der Waals surface area (Å²) < 4.78 is 0. The minimum Gasteiger partial charge on any atom is -0.397 e. The third kappa shape index (κ3) is 2.63. The fraction of sp³-hybridized carbons (Fsp3) is 0.154. The third-order valence-corrected chi connectivity index (χ3v) is 2.61. The number of carbonyl (C=O) groups is 1. The van der Waals surface area contributed by atoms with E-state index in [-0.39, 0.29) is 17.6 Å². The highest BCUT2D eigenvalue weighted by Gasteiger charge is 2.14. The van der Waals surface area contributed by atoms with E-state index in [0.29, 0.717) is 5.69 Å². The lowest BCUT2D eigenvalue weighted by Crippen LogP contribution is -2.28. The molecule has 2 aromatic heterocycles. The van der Waals surface area contributed by atoms with Gasteiger partial charge in [-0.25, -0.2) is 4.98 Å². The summed E-state index contributed by atoms with van der Waals surface area (Å²) in [4.78, 5) is 19.9. The average Bonchev–Trinajstić information content (AvgIpc) is 2.40. The fourth-order valence-electron chi connectivity index (χ4n) is 1.61. The minimum absolute atomic E-state index is 0.123. The molecular formula is C13H14N4O. The van der Waals surface area contributed by atoms with E-state index in [9.17, 15) is 4.79 Å². The number of rotatable bonds is 3. The van der Waals surface area contributed by atoms with E-state index >= 15 is 0 Å². The van der Waals surface area contributed by atoms with E-state index in [2.05, 4.69) is 15.3 Å². The van der Waals surface area contributed by atoms with Gasteiger partial charge in [0.15, 0.2) is 5.69 Å². The van der Waals surface area contributed by atoms with E-state index < -0.39 is 0 Å². The number of amides is 1. The van der Waals surface area contributed by atoms with Gasteiger partial charge in [0.2, 0.25) is 0 Å². The summed E-state index contributed by atoms with van der Waals surface area (Å²) in [5.74, 6) is -0.280. The highest BCUT2D eigenvalue weighted by atomic mass is 16.1. The standard InChI is InChI=1S/C13H14N4O/c1-9(10-4-7-15-8-5-10)17-13(18)12-11(14)3-2-6-16-12/h2-9H,14H2,1H3,(H,17,18)/t9-/m1/s1. The number of pyridine rings is 2. The number of aromatic nitrogens is 2. The SMILES string of the molecule is C[C@@H](NC(=O)c1ncccc1N)c1ccncc1. The molecule has 0 unspecified atom stereocenters. The van der Waals surface area contributed by atoms with Crippen LogP contribution in [0.15, 0.2) is 42.9 Å². The van der Waals surface area contributed by atoms with Crippen molar-refractivity contribution in [1.29, 1.82) is 0 Å². The van der Waals surface area contributed by atoms with Gasteiger partial charge in [0.05, 0.1) is 11.7 Å². The molecule has 0 bridgehead atoms. The van der Waals surface area contributed by atoms with Crippen molar-refractivity contribution < 1.29 is 4.79 Å². The molecule has 1 atom stereocenters. The first kappa shape index (κ1) is 12.0. The van der Waals surface area contributed by atoms with E-state index in [1.807, 2.05) is 19.1 Å². The van der Waals surface area contributed by atoms with Crippen molar-refractivity contribution in [3.8, 4) is 0 Å². The van der Waals surface area contributed by atoms with Gasteiger partial charge >= 0.3 is 0 Å². The molecule has 0 aliphatic heterocycles. The van der Waals surface area contributed by atoms with Gasteiger partial charge in [-0.2, -0.15) is 0 Å². The first-order chi connectivity index (χ1) is 8.68. The normalized spacial score (nSPS) is 11.8. The van der Waals surface area contributed by atoms with Crippen molar-refractivity contribution >= 4 is 11.6 Å². The number of anilines is 1. The summed E-state index contributed by atoms with van der Waals surface area (Å²) in [6.07, 6.45) is 4.92. The topological polar surface area (TPSA) is 80.9 Å². The lowest BCUT2D eigenvalue weighted by molar-refractivity contribution is 0.0936. The van der Waals surface area contributed by atoms with Gasteiger partial charge in [-0.1, -0.05) is 0 Å². The minimum atomic E-state index is -0.280. The summed E-state index contributed by atoms with van der Waals surface area (Å²) in [7, 11) is 0. The molecule has 92 valence electrons. The second-order valence-corrected chi connectivity index (χ2v) is 3.92. The van der Waals surface area contributed by atoms with Crippen LogP contribution in [0.3, 0.4) is 0 Å². The summed E-state index contributed by atoms with van der Waals surface area (Å²) >= 11 is 0. The zero-order valence-electron chi connectivity index (χ0n) is 10.00. The Kier molecular flexibility index (Phi) is 3.52. The van der Waals surface area contributed by atoms with E-state index in [4.69, 9.17) is 5.73 Å². The second kappa shape index (κ2) is 5.27. The molecule has 2 aromatic rings. The number of nitrogen functional groups attached to an aromatic ring is 1. The monoisotopic (exact) mass is 242 g/mol. The first-order valence-electron chi connectivity index (χ1n) is 5.60. The fourth-order valence-corrected chi connectivity index (χ4v) is 1.61. The lowest BCUT2D eigenvalue weighted by atomic mass is 10.1. The summed E-state index contributed by atoms with van der Waals surface area (Å²) in [6.45, 7) is 1.90. The van der Waals surface area contributed by atoms with Crippen LogP contribution in [0, 0.1) is 0 Å². The van der Waals surface area contributed by atoms with Crippen LogP contribution >= 0.6 is 0 Å². The summed E-state index contributed by atoms with van der Waals surface area (Å²) in [5, 5.41) is 2.84. The van der Waals surface area contributed by atoms with Crippen molar-refractivity contribution in [3.63, 3.8) is 0 Å². The van der Waals surface area contributed by atoms with Gasteiger partial charge in [-0.05, 0) is 36.8 Å². The molecule has 5 nitrogen and oxygen atoms in total. The summed E-state index contributed by atoms with van der Waals surface area (Å²) in [6, 6.07) is 6.93. The Labute approximate surface area is 105 Å². The molecule has 0 aliphatic carbocycles. The van der Waals surface area contributed by atoms with Gasteiger partial charge < -0.3 is 11.1 Å². The molecule has 2 heterocycles. The Morgan fingerprint density at radius 3 is 2.67 bits per heavy atom. The van der Waals surface area contributed by atoms with Crippen LogP contribution in [0.2, 0.25) is 0 Å². The Morgan fingerprint density at radius 2 is 2.00 bits per heavy atom. The number of carbonyl (C=O) groups excluding carboxylic acids is 1. The maximum absolute atomic E-state index is 12.0. The molecule has 0 radical (unpaired) electrons. The number of nitrogens with zero attached hydrogens (tertiary/aromatic N) is 2. The highest BCUT2D eigenvalue weighted by molar-refractivity contribution is 5.97. The smallest absolute Gasteiger partial charge is 0.272 e. The summed E-state index contributed by atoms with van der Waals surface area (Å²) in [5.41, 5.74) is 7.30. The van der Waals surface area contributed by atoms with Gasteiger partial charge in [0.1, 0.15) is 0 Å². The average molecular weight is 242 g/mol. The molecule has 0 aromatic carbocycles. The molecule has 1 amide bonds. The van der Waals surface area contributed by atoms with Crippen LogP contribution < -0.4 is 11.1 Å². The van der Waals surface area contributed by atoms with Crippen molar-refractivity contribution in [1.82, 2.24) is 15.3 Å². The Morgan fingerprint density at radius 1 is 1.28 bits per heavy atom. The molecule has 3 N–H and O–H groups in total. The molecule has 2 rings (SSSR count). The molecule has 0 fully saturated rings. The van der Waals surface area contributed by atoms with Crippen LogP contribution in [0.1, 0.15) is 29.0 Å². The van der Waals surface area contributed by atoms with Crippen LogP contribution in [0.25, 0.3) is 0 Å². The zero-order valence-corrected chi connectivity index (χ0v) is 10.00. The number of hydrogen-bond acceptors (Lipinski definition) is 4. The van der Waals surface area contributed by atoms with Crippen molar-refractivity contribution in [2.45, 2.75) is 13.0 Å². The number of nitrogens with two attached hydrogens (primary N) is 1. The maximum Gasteiger partial charge on any atom is 0.272 e. The zero-order chi connectivity index (χ0) is 13.0. The quantitative estimate of drug-likeness (QED) is 0.855. The van der Waals surface area contributed by atoms with Crippen LogP contribution in [-0.2, 0) is 0 Å². The number of hydrogen-bond donors (Lipinski definition) is 2. The van der Waals surface area contributed by atoms with Crippen LogP contribution in [0.4, 0.5) is 5.69 Å². The predicted octanol–water partition coefficient (Wildman–Crippen LogP) is 1.55. The molecule has 0 saturated heterocycles. The van der Waals surface area contributed by atoms with E-state index in [0.717, 1.165) is 5.56 Å². The van der Waals surface area contributed by atoms with Gasteiger partial charge in [-0.15, -0.1) is 0 Å².